The summed E-state index contributed by atoms with van der Waals surface area (Å²) in [5.74, 6) is -2.42. The molecule has 5 atom stereocenters. The van der Waals surface area contributed by atoms with Gasteiger partial charge in [-0.1, -0.05) is 55.0 Å². The van der Waals surface area contributed by atoms with E-state index in [1.807, 2.05) is 48.5 Å². The third-order valence-corrected chi connectivity index (χ3v) is 9.60. The number of nitrogens with one attached hydrogen (secondary N) is 3. The van der Waals surface area contributed by atoms with Crippen LogP contribution >= 0.6 is 0 Å². The van der Waals surface area contributed by atoms with Gasteiger partial charge in [-0.2, -0.15) is 0 Å². The van der Waals surface area contributed by atoms with Crippen LogP contribution in [0.5, 0.6) is 0 Å². The number of likely N-dealkylation sites (tertiary alicyclic amines) is 1. The van der Waals surface area contributed by atoms with Gasteiger partial charge in [0.2, 0.25) is 17.7 Å². The lowest BCUT2D eigenvalue weighted by atomic mass is 9.85. The molecule has 2 saturated heterocycles. The lowest BCUT2D eigenvalue weighted by molar-refractivity contribution is -0.146. The van der Waals surface area contributed by atoms with Crippen LogP contribution in [0.2, 0.25) is 0 Å². The average molecular weight is 573 g/mol. The van der Waals surface area contributed by atoms with Gasteiger partial charge in [0.15, 0.2) is 11.3 Å². The zero-order valence-electron chi connectivity index (χ0n) is 23.6. The van der Waals surface area contributed by atoms with Crippen molar-refractivity contribution in [2.45, 2.75) is 56.7 Å². The van der Waals surface area contributed by atoms with Gasteiger partial charge in [-0.3, -0.25) is 24.0 Å². The standard InChI is InChI=1S/C32H36N4O6/c1-18(38)35-32(24-11-4-2-8-22(24)23-9-3-5-12-25(23)32)31(42)36-16-20-7-6-10-21(20)28(36)30(41)34-26(27(39)17-37)15-19-13-14-33-29(19)40/h2-5,8-9,11-12,19-21,26,28,37H,6-7,10,13-17H2,1H3,(H,33,40)(H,34,41)(H,35,38)/t19-,20+,21+,26-,28+/m1/s1. The normalized spacial score (nSPS) is 25.7. The maximum absolute atomic E-state index is 14.9. The molecule has 0 bridgehead atoms. The summed E-state index contributed by atoms with van der Waals surface area (Å²) in [6, 6.07) is 13.1. The van der Waals surface area contributed by atoms with E-state index < -0.39 is 41.8 Å². The number of carbonyl (C=O) groups excluding carboxylic acids is 5. The number of nitrogens with zero attached hydrogens (tertiary/aromatic N) is 1. The van der Waals surface area contributed by atoms with Gasteiger partial charge in [0.25, 0.3) is 5.91 Å². The minimum atomic E-state index is -1.52. The van der Waals surface area contributed by atoms with Crippen LogP contribution in [0, 0.1) is 17.8 Å². The molecule has 4 aliphatic rings. The van der Waals surface area contributed by atoms with Crippen molar-refractivity contribution in [1.29, 1.82) is 0 Å². The Labute approximate surface area is 244 Å². The third-order valence-electron chi connectivity index (χ3n) is 9.60. The molecule has 2 aromatic carbocycles. The summed E-state index contributed by atoms with van der Waals surface area (Å²) >= 11 is 0. The van der Waals surface area contributed by atoms with Gasteiger partial charge in [-0.25, -0.2) is 0 Å². The van der Waals surface area contributed by atoms with E-state index >= 15 is 0 Å². The zero-order valence-corrected chi connectivity index (χ0v) is 23.6. The number of carbonyl (C=O) groups is 5. The van der Waals surface area contributed by atoms with Crippen molar-refractivity contribution in [3.63, 3.8) is 0 Å². The smallest absolute Gasteiger partial charge is 0.258 e. The number of ketones is 1. The Bertz CT molecular complexity index is 1410. The topological polar surface area (TPSA) is 145 Å². The molecule has 42 heavy (non-hydrogen) atoms. The second-order valence-corrected chi connectivity index (χ2v) is 12.0. The summed E-state index contributed by atoms with van der Waals surface area (Å²) in [4.78, 5) is 68.4. The van der Waals surface area contributed by atoms with E-state index in [9.17, 15) is 29.1 Å². The van der Waals surface area contributed by atoms with Gasteiger partial charge < -0.3 is 26.0 Å². The van der Waals surface area contributed by atoms with E-state index in [1.54, 1.807) is 4.90 Å². The summed E-state index contributed by atoms with van der Waals surface area (Å²) in [7, 11) is 0. The lowest BCUT2D eigenvalue weighted by Crippen LogP contribution is -2.61. The van der Waals surface area contributed by atoms with Gasteiger partial charge >= 0.3 is 0 Å². The van der Waals surface area contributed by atoms with Crippen LogP contribution in [0.25, 0.3) is 11.1 Å². The highest BCUT2D eigenvalue weighted by Crippen LogP contribution is 2.51. The predicted octanol–water partition coefficient (Wildman–Crippen LogP) is 1.25. The first-order chi connectivity index (χ1) is 20.3. The highest BCUT2D eigenvalue weighted by Gasteiger charge is 2.58. The van der Waals surface area contributed by atoms with Gasteiger partial charge in [0.05, 0.1) is 6.04 Å². The molecule has 0 aromatic heterocycles. The van der Waals surface area contributed by atoms with Crippen molar-refractivity contribution in [3.05, 3.63) is 59.7 Å². The van der Waals surface area contributed by atoms with Gasteiger partial charge in [0.1, 0.15) is 12.6 Å². The highest BCUT2D eigenvalue weighted by atomic mass is 16.3. The van der Waals surface area contributed by atoms with E-state index in [2.05, 4.69) is 16.0 Å². The van der Waals surface area contributed by atoms with Crippen molar-refractivity contribution in [1.82, 2.24) is 20.9 Å². The number of hydrogen-bond donors (Lipinski definition) is 4. The third kappa shape index (κ3) is 4.48. The first-order valence-corrected chi connectivity index (χ1v) is 14.8. The molecule has 4 N–H and O–H groups in total. The van der Waals surface area contributed by atoms with Gasteiger partial charge in [0, 0.05) is 25.9 Å². The number of amides is 4. The van der Waals surface area contributed by atoms with Crippen molar-refractivity contribution < 1.29 is 29.1 Å². The van der Waals surface area contributed by atoms with Gasteiger partial charge in [-0.15, -0.1) is 0 Å². The van der Waals surface area contributed by atoms with E-state index in [1.165, 1.54) is 6.92 Å². The molecule has 1 saturated carbocycles. The van der Waals surface area contributed by atoms with Crippen molar-refractivity contribution in [2.24, 2.45) is 17.8 Å². The summed E-state index contributed by atoms with van der Waals surface area (Å²) in [5, 5.41) is 18.2. The molecule has 3 fully saturated rings. The van der Waals surface area contributed by atoms with Gasteiger partial charge in [-0.05, 0) is 59.8 Å². The molecule has 2 heterocycles. The number of aliphatic hydroxyl groups excluding tert-OH is 1. The Balaban J connectivity index is 1.38. The van der Waals surface area contributed by atoms with Crippen LogP contribution in [-0.2, 0) is 29.5 Å². The second kappa shape index (κ2) is 11.0. The molecule has 0 spiro atoms. The molecule has 220 valence electrons. The minimum Gasteiger partial charge on any atom is -0.389 e. The average Bonchev–Trinajstić information content (AvgIpc) is 3.75. The number of hydrogen-bond acceptors (Lipinski definition) is 6. The second-order valence-electron chi connectivity index (χ2n) is 12.0. The van der Waals surface area contributed by atoms with Crippen molar-refractivity contribution in [2.75, 3.05) is 19.7 Å². The van der Waals surface area contributed by atoms with Crippen LogP contribution in [-0.4, -0.2) is 71.2 Å². The van der Waals surface area contributed by atoms with Crippen molar-refractivity contribution >= 4 is 29.4 Å². The lowest BCUT2D eigenvalue weighted by Gasteiger charge is -2.38. The van der Waals surface area contributed by atoms with Crippen LogP contribution in [0.1, 0.15) is 50.2 Å². The minimum absolute atomic E-state index is 0.0856. The van der Waals surface area contributed by atoms with Crippen LogP contribution < -0.4 is 16.0 Å². The Morgan fingerprint density at radius 3 is 2.29 bits per heavy atom. The van der Waals surface area contributed by atoms with E-state index in [-0.39, 0.29) is 36.0 Å². The Kier molecular flexibility index (Phi) is 7.34. The molecular weight excluding hydrogens is 536 g/mol. The number of rotatable bonds is 8. The number of aliphatic hydroxyl groups is 1. The fraction of sp³-hybridized carbons (Fsp3) is 0.469. The maximum atomic E-state index is 14.9. The first-order valence-electron chi connectivity index (χ1n) is 14.8. The number of fused-ring (bicyclic) bond motifs is 4. The molecule has 4 amide bonds. The number of Topliss-reactive ketones (excluding diaryl/α,β-unsaturated/α-hetero) is 1. The molecule has 6 rings (SSSR count). The summed E-state index contributed by atoms with van der Waals surface area (Å²) in [5.41, 5.74) is 1.49. The van der Waals surface area contributed by atoms with Crippen LogP contribution in [0.15, 0.2) is 48.5 Å². The zero-order chi connectivity index (χ0) is 29.6. The molecule has 10 nitrogen and oxygen atoms in total. The Morgan fingerprint density at radius 1 is 1.02 bits per heavy atom. The molecule has 0 radical (unpaired) electrons. The van der Waals surface area contributed by atoms with E-state index in [0.717, 1.165) is 30.4 Å². The summed E-state index contributed by atoms with van der Waals surface area (Å²) in [6.45, 7) is 1.47. The largest absolute Gasteiger partial charge is 0.389 e. The quantitative estimate of drug-likeness (QED) is 0.375. The Hall–Kier alpha value is -4.05. The SMILES string of the molecule is CC(=O)NC1(C(=O)N2C[C@@H]3CCC[C@@H]3[C@H]2C(=O)N[C@H](C[C@H]2CCNC2=O)C(=O)CO)c2ccccc2-c2ccccc21. The molecule has 2 aliphatic carbocycles. The maximum Gasteiger partial charge on any atom is 0.258 e. The summed E-state index contributed by atoms with van der Waals surface area (Å²) < 4.78 is 0. The molecule has 2 aromatic rings. The molecule has 0 unspecified atom stereocenters. The fourth-order valence-corrected chi connectivity index (χ4v) is 7.78. The van der Waals surface area contributed by atoms with Crippen LogP contribution in [0.4, 0.5) is 0 Å². The molecular formula is C32H36N4O6. The highest BCUT2D eigenvalue weighted by molar-refractivity contribution is 6.04. The monoisotopic (exact) mass is 572 g/mol. The molecule has 2 aliphatic heterocycles. The van der Waals surface area contributed by atoms with E-state index in [0.29, 0.717) is 30.6 Å². The molecule has 10 heteroatoms. The summed E-state index contributed by atoms with van der Waals surface area (Å²) in [6.07, 6.45) is 3.20. The Morgan fingerprint density at radius 2 is 1.69 bits per heavy atom. The first kappa shape index (κ1) is 28.1. The van der Waals surface area contributed by atoms with E-state index in [4.69, 9.17) is 0 Å². The predicted molar refractivity (Wildman–Crippen MR) is 153 cm³/mol. The van der Waals surface area contributed by atoms with Crippen molar-refractivity contribution in [3.8, 4) is 11.1 Å². The fourth-order valence-electron chi connectivity index (χ4n) is 7.78. The number of benzene rings is 2. The van der Waals surface area contributed by atoms with Crippen LogP contribution in [0.3, 0.4) is 0 Å².